The topological polar surface area (TPSA) is 86.1 Å². The molecule has 2 heterocycles. The number of carbonyl (C=O) groups is 1. The van der Waals surface area contributed by atoms with Crippen molar-refractivity contribution in [1.82, 2.24) is 15.0 Å². The number of rotatable bonds is 3. The summed E-state index contributed by atoms with van der Waals surface area (Å²) in [5, 5.41) is 0. The molecule has 0 aliphatic heterocycles. The molecule has 1 amide bonds. The fourth-order valence-corrected chi connectivity index (χ4v) is 1.44. The zero-order chi connectivity index (χ0) is 11.5. The molecule has 3 N–H and O–H groups in total. The number of furan rings is 1. The number of nitrogens with two attached hydrogens (primary N) is 1. The Morgan fingerprint density at radius 3 is 3.12 bits per heavy atom. The Bertz CT molecular complexity index is 487. The predicted octanol–water partition coefficient (Wildman–Crippen LogP) is 0.436. The van der Waals surface area contributed by atoms with Gasteiger partial charge in [0.2, 0.25) is 0 Å². The standard InChI is InChI=1S/C10H12N4O2/c1-7-8(5-14-3-2-12-6-14)4-9(16-7)10(15)13-11/h2-4,6H,5,11H2,1H3,(H,13,15). The molecule has 2 aromatic heterocycles. The van der Waals surface area contributed by atoms with Gasteiger partial charge in [-0.1, -0.05) is 0 Å². The maximum Gasteiger partial charge on any atom is 0.300 e. The van der Waals surface area contributed by atoms with Crippen molar-refractivity contribution in [3.63, 3.8) is 0 Å². The lowest BCUT2D eigenvalue weighted by molar-refractivity contribution is 0.0924. The van der Waals surface area contributed by atoms with Crippen LogP contribution in [0, 0.1) is 6.92 Å². The van der Waals surface area contributed by atoms with Crippen LogP contribution in [0.15, 0.2) is 29.2 Å². The quantitative estimate of drug-likeness (QED) is 0.446. The minimum absolute atomic E-state index is 0.218. The fourth-order valence-electron chi connectivity index (χ4n) is 1.44. The van der Waals surface area contributed by atoms with Gasteiger partial charge in [-0.25, -0.2) is 10.8 Å². The number of hydrogen-bond acceptors (Lipinski definition) is 4. The van der Waals surface area contributed by atoms with Crippen LogP contribution in [0.4, 0.5) is 0 Å². The molecule has 84 valence electrons. The summed E-state index contributed by atoms with van der Waals surface area (Å²) in [6, 6.07) is 1.68. The molecule has 0 aromatic carbocycles. The second kappa shape index (κ2) is 4.19. The maximum absolute atomic E-state index is 11.2. The molecule has 2 rings (SSSR count). The maximum atomic E-state index is 11.2. The highest BCUT2D eigenvalue weighted by Gasteiger charge is 2.13. The molecule has 6 heteroatoms. The molecule has 6 nitrogen and oxygen atoms in total. The highest BCUT2D eigenvalue weighted by atomic mass is 16.4. The van der Waals surface area contributed by atoms with Crippen LogP contribution in [-0.2, 0) is 6.54 Å². The van der Waals surface area contributed by atoms with Crippen LogP contribution in [0.25, 0.3) is 0 Å². The first-order valence-electron chi connectivity index (χ1n) is 4.76. The molecule has 0 saturated carbocycles. The number of carbonyl (C=O) groups excluding carboxylic acids is 1. The summed E-state index contributed by atoms with van der Waals surface area (Å²) >= 11 is 0. The van der Waals surface area contributed by atoms with Gasteiger partial charge in [0.1, 0.15) is 5.76 Å². The SMILES string of the molecule is Cc1oc(C(=O)NN)cc1Cn1ccnc1. The summed E-state index contributed by atoms with van der Waals surface area (Å²) in [6.07, 6.45) is 5.24. The van der Waals surface area contributed by atoms with Crippen LogP contribution in [0.5, 0.6) is 0 Å². The van der Waals surface area contributed by atoms with Crippen molar-refractivity contribution >= 4 is 5.91 Å². The van der Waals surface area contributed by atoms with Crippen molar-refractivity contribution in [3.8, 4) is 0 Å². The Hall–Kier alpha value is -2.08. The van der Waals surface area contributed by atoms with E-state index in [1.54, 1.807) is 25.5 Å². The number of nitrogen functional groups attached to an aromatic ring is 1. The van der Waals surface area contributed by atoms with Gasteiger partial charge in [0.05, 0.1) is 12.9 Å². The normalized spacial score (nSPS) is 10.4. The summed E-state index contributed by atoms with van der Waals surface area (Å²) in [4.78, 5) is 15.2. The summed E-state index contributed by atoms with van der Waals surface area (Å²) in [5.74, 6) is 5.51. The van der Waals surface area contributed by atoms with Crippen LogP contribution in [-0.4, -0.2) is 15.5 Å². The lowest BCUT2D eigenvalue weighted by Crippen LogP contribution is -2.29. The molecule has 0 radical (unpaired) electrons. The van der Waals surface area contributed by atoms with Crippen LogP contribution < -0.4 is 11.3 Å². The highest BCUT2D eigenvalue weighted by Crippen LogP contribution is 2.15. The first-order chi connectivity index (χ1) is 7.70. The monoisotopic (exact) mass is 220 g/mol. The lowest BCUT2D eigenvalue weighted by atomic mass is 10.2. The van der Waals surface area contributed by atoms with Crippen molar-refractivity contribution in [2.75, 3.05) is 0 Å². The third-order valence-electron chi connectivity index (χ3n) is 2.29. The first kappa shape index (κ1) is 10.4. The summed E-state index contributed by atoms with van der Waals surface area (Å²) in [5.41, 5.74) is 2.96. The zero-order valence-corrected chi connectivity index (χ0v) is 8.80. The number of amides is 1. The Labute approximate surface area is 92.0 Å². The second-order valence-corrected chi connectivity index (χ2v) is 3.40. The van der Waals surface area contributed by atoms with Gasteiger partial charge in [-0.3, -0.25) is 10.2 Å². The molecule has 0 bridgehead atoms. The number of hydrogen-bond donors (Lipinski definition) is 2. The van der Waals surface area contributed by atoms with Crippen molar-refractivity contribution in [1.29, 1.82) is 0 Å². The Balaban J connectivity index is 2.22. The third-order valence-corrected chi connectivity index (χ3v) is 2.29. The van der Waals surface area contributed by atoms with E-state index in [0.29, 0.717) is 12.3 Å². The molecular weight excluding hydrogens is 208 g/mol. The third kappa shape index (κ3) is 1.96. The highest BCUT2D eigenvalue weighted by molar-refractivity contribution is 5.91. The summed E-state index contributed by atoms with van der Waals surface area (Å²) < 4.78 is 7.18. The summed E-state index contributed by atoms with van der Waals surface area (Å²) in [7, 11) is 0. The van der Waals surface area contributed by atoms with Crippen molar-refractivity contribution in [3.05, 3.63) is 41.9 Å². The van der Waals surface area contributed by atoms with E-state index in [0.717, 1.165) is 5.56 Å². The minimum atomic E-state index is -0.431. The van der Waals surface area contributed by atoms with Crippen LogP contribution in [0.2, 0.25) is 0 Å². The molecule has 0 aliphatic rings. The number of hydrazine groups is 1. The molecular formula is C10H12N4O2. The van der Waals surface area contributed by atoms with E-state index in [1.807, 2.05) is 16.2 Å². The molecule has 0 atom stereocenters. The molecule has 0 aliphatic carbocycles. The Kier molecular flexibility index (Phi) is 2.74. The van der Waals surface area contributed by atoms with E-state index >= 15 is 0 Å². The average Bonchev–Trinajstić information content (AvgIpc) is 2.89. The Morgan fingerprint density at radius 1 is 1.69 bits per heavy atom. The second-order valence-electron chi connectivity index (χ2n) is 3.40. The van der Waals surface area contributed by atoms with Crippen LogP contribution in [0.1, 0.15) is 21.9 Å². The predicted molar refractivity (Wildman–Crippen MR) is 56.4 cm³/mol. The van der Waals surface area contributed by atoms with Crippen molar-refractivity contribution in [2.24, 2.45) is 5.84 Å². The van der Waals surface area contributed by atoms with Gasteiger partial charge in [0.15, 0.2) is 5.76 Å². The summed E-state index contributed by atoms with van der Waals surface area (Å²) in [6.45, 7) is 2.42. The van der Waals surface area contributed by atoms with Gasteiger partial charge < -0.3 is 8.98 Å². The smallest absolute Gasteiger partial charge is 0.300 e. The molecule has 0 fully saturated rings. The van der Waals surface area contributed by atoms with Crippen molar-refractivity contribution < 1.29 is 9.21 Å². The van der Waals surface area contributed by atoms with E-state index in [-0.39, 0.29) is 5.76 Å². The van der Waals surface area contributed by atoms with Gasteiger partial charge in [-0.15, -0.1) is 0 Å². The molecule has 0 spiro atoms. The molecule has 0 saturated heterocycles. The first-order valence-corrected chi connectivity index (χ1v) is 4.76. The molecule has 16 heavy (non-hydrogen) atoms. The molecule has 0 unspecified atom stereocenters. The molecule has 2 aromatic rings. The van der Waals surface area contributed by atoms with Gasteiger partial charge in [0, 0.05) is 18.0 Å². The van der Waals surface area contributed by atoms with E-state index < -0.39 is 5.91 Å². The van der Waals surface area contributed by atoms with E-state index in [2.05, 4.69) is 4.98 Å². The number of nitrogens with one attached hydrogen (secondary N) is 1. The number of nitrogens with zero attached hydrogens (tertiary/aromatic N) is 2. The van der Waals surface area contributed by atoms with Gasteiger partial charge >= 0.3 is 5.91 Å². The fraction of sp³-hybridized carbons (Fsp3) is 0.200. The van der Waals surface area contributed by atoms with E-state index in [1.165, 1.54) is 0 Å². The van der Waals surface area contributed by atoms with Gasteiger partial charge in [0.25, 0.3) is 0 Å². The van der Waals surface area contributed by atoms with Crippen LogP contribution >= 0.6 is 0 Å². The minimum Gasteiger partial charge on any atom is -0.456 e. The largest absolute Gasteiger partial charge is 0.456 e. The average molecular weight is 220 g/mol. The Morgan fingerprint density at radius 2 is 2.50 bits per heavy atom. The zero-order valence-electron chi connectivity index (χ0n) is 8.80. The lowest BCUT2D eigenvalue weighted by Gasteiger charge is -1.98. The number of aromatic nitrogens is 2. The number of aryl methyl sites for hydroxylation is 1. The van der Waals surface area contributed by atoms with E-state index in [9.17, 15) is 4.79 Å². The van der Waals surface area contributed by atoms with Crippen molar-refractivity contribution in [2.45, 2.75) is 13.5 Å². The van der Waals surface area contributed by atoms with Gasteiger partial charge in [-0.2, -0.15) is 0 Å². The van der Waals surface area contributed by atoms with E-state index in [4.69, 9.17) is 10.3 Å². The number of imidazole rings is 1. The van der Waals surface area contributed by atoms with Crippen LogP contribution in [0.3, 0.4) is 0 Å². The van der Waals surface area contributed by atoms with Gasteiger partial charge in [-0.05, 0) is 13.0 Å².